The number of ether oxygens (including phenoxy) is 1. The maximum atomic E-state index is 12.8. The number of hydrogen-bond donors (Lipinski definition) is 1. The smallest absolute Gasteiger partial charge is 0.263 e. The standard InChI is InChI=1S/C21H28N2O4S/c1-15-5-7-17(27-15)12-22-20(24)10-6-16-4-3-11-23(13-16)21(25)19-9-8-18(28-19)14-26-2/h5,7-9,16H,3-4,6,10-14H2,1-2H3,(H,22,24). The largest absolute Gasteiger partial charge is 0.465 e. The van der Waals surface area contributed by atoms with Gasteiger partial charge in [0.05, 0.1) is 18.0 Å². The highest BCUT2D eigenvalue weighted by atomic mass is 32.1. The number of hydrogen-bond acceptors (Lipinski definition) is 5. The highest BCUT2D eigenvalue weighted by Crippen LogP contribution is 2.25. The van der Waals surface area contributed by atoms with Gasteiger partial charge in [0, 0.05) is 31.5 Å². The maximum Gasteiger partial charge on any atom is 0.263 e. The fourth-order valence-corrected chi connectivity index (χ4v) is 4.49. The summed E-state index contributed by atoms with van der Waals surface area (Å²) in [5.41, 5.74) is 0. The van der Waals surface area contributed by atoms with E-state index < -0.39 is 0 Å². The summed E-state index contributed by atoms with van der Waals surface area (Å²) >= 11 is 1.50. The molecule has 1 aliphatic heterocycles. The monoisotopic (exact) mass is 404 g/mol. The first-order chi connectivity index (χ1) is 13.5. The first-order valence-electron chi connectivity index (χ1n) is 9.74. The van der Waals surface area contributed by atoms with Crippen molar-refractivity contribution in [3.05, 3.63) is 45.5 Å². The Hall–Kier alpha value is -2.12. The molecule has 0 radical (unpaired) electrons. The summed E-state index contributed by atoms with van der Waals surface area (Å²) in [5, 5.41) is 2.90. The van der Waals surface area contributed by atoms with Gasteiger partial charge in [0.2, 0.25) is 5.91 Å². The Bertz CT molecular complexity index is 798. The van der Waals surface area contributed by atoms with Crippen LogP contribution in [-0.2, 0) is 22.7 Å². The van der Waals surface area contributed by atoms with Crippen LogP contribution < -0.4 is 5.32 Å². The molecule has 6 nitrogen and oxygen atoms in total. The van der Waals surface area contributed by atoms with Crippen molar-refractivity contribution in [1.82, 2.24) is 10.2 Å². The van der Waals surface area contributed by atoms with Gasteiger partial charge in [-0.05, 0) is 56.4 Å². The summed E-state index contributed by atoms with van der Waals surface area (Å²) in [5.74, 6) is 2.10. The van der Waals surface area contributed by atoms with Crippen molar-refractivity contribution in [2.24, 2.45) is 5.92 Å². The van der Waals surface area contributed by atoms with Gasteiger partial charge in [0.15, 0.2) is 0 Å². The molecular formula is C21H28N2O4S. The number of amides is 2. The third-order valence-electron chi connectivity index (χ3n) is 5.00. The Kier molecular flexibility index (Phi) is 7.28. The number of rotatable bonds is 8. The highest BCUT2D eigenvalue weighted by molar-refractivity contribution is 7.14. The van der Waals surface area contributed by atoms with Crippen LogP contribution in [0.15, 0.2) is 28.7 Å². The second-order valence-corrected chi connectivity index (χ2v) is 8.45. The molecule has 2 amide bonds. The third kappa shape index (κ3) is 5.69. The van der Waals surface area contributed by atoms with Crippen LogP contribution in [0.4, 0.5) is 0 Å². The molecule has 1 saturated heterocycles. The number of methoxy groups -OCH3 is 1. The Balaban J connectivity index is 1.43. The van der Waals surface area contributed by atoms with E-state index in [2.05, 4.69) is 5.32 Å². The molecule has 1 aliphatic rings. The topological polar surface area (TPSA) is 71.8 Å². The summed E-state index contributed by atoms with van der Waals surface area (Å²) in [6, 6.07) is 7.60. The molecule has 0 bridgehead atoms. The van der Waals surface area contributed by atoms with Crippen molar-refractivity contribution < 1.29 is 18.7 Å². The molecule has 7 heteroatoms. The molecule has 3 heterocycles. The number of carbonyl (C=O) groups excluding carboxylic acids is 2. The molecule has 1 fully saturated rings. The predicted octanol–water partition coefficient (Wildman–Crippen LogP) is 3.74. The summed E-state index contributed by atoms with van der Waals surface area (Å²) in [6.45, 7) is 4.35. The summed E-state index contributed by atoms with van der Waals surface area (Å²) in [4.78, 5) is 28.6. The number of piperidine rings is 1. The zero-order valence-corrected chi connectivity index (χ0v) is 17.3. The van der Waals surface area contributed by atoms with E-state index in [1.807, 2.05) is 36.1 Å². The molecule has 2 aromatic rings. The highest BCUT2D eigenvalue weighted by Gasteiger charge is 2.25. The number of aryl methyl sites for hydroxylation is 1. The number of furan rings is 1. The number of thiophene rings is 1. The Morgan fingerprint density at radius 1 is 1.32 bits per heavy atom. The van der Waals surface area contributed by atoms with Crippen molar-refractivity contribution in [1.29, 1.82) is 0 Å². The van der Waals surface area contributed by atoms with Crippen LogP contribution in [0.1, 0.15) is 51.8 Å². The van der Waals surface area contributed by atoms with E-state index in [0.29, 0.717) is 25.5 Å². The predicted molar refractivity (Wildman–Crippen MR) is 108 cm³/mol. The van der Waals surface area contributed by atoms with Crippen molar-refractivity contribution >= 4 is 23.2 Å². The maximum absolute atomic E-state index is 12.8. The van der Waals surface area contributed by atoms with E-state index in [-0.39, 0.29) is 11.8 Å². The van der Waals surface area contributed by atoms with E-state index in [4.69, 9.17) is 9.15 Å². The average Bonchev–Trinajstić information content (AvgIpc) is 3.33. The molecule has 3 rings (SSSR count). The molecule has 0 spiro atoms. The van der Waals surface area contributed by atoms with Gasteiger partial charge in [-0.3, -0.25) is 9.59 Å². The quantitative estimate of drug-likeness (QED) is 0.727. The number of nitrogens with zero attached hydrogens (tertiary/aromatic N) is 1. The second-order valence-electron chi connectivity index (χ2n) is 7.29. The Morgan fingerprint density at radius 2 is 2.18 bits per heavy atom. The van der Waals surface area contributed by atoms with Crippen LogP contribution in [0.3, 0.4) is 0 Å². The molecule has 2 aromatic heterocycles. The zero-order valence-electron chi connectivity index (χ0n) is 16.5. The van der Waals surface area contributed by atoms with Crippen molar-refractivity contribution in [2.45, 2.75) is 45.8 Å². The van der Waals surface area contributed by atoms with Crippen LogP contribution in [0.5, 0.6) is 0 Å². The number of nitrogens with one attached hydrogen (secondary N) is 1. The summed E-state index contributed by atoms with van der Waals surface area (Å²) in [6.07, 6.45) is 3.32. The van der Waals surface area contributed by atoms with Crippen LogP contribution in [0.25, 0.3) is 0 Å². The van der Waals surface area contributed by atoms with E-state index in [9.17, 15) is 9.59 Å². The molecule has 1 atom stereocenters. The van der Waals surface area contributed by atoms with Gasteiger partial charge in [0.1, 0.15) is 11.5 Å². The molecule has 152 valence electrons. The fourth-order valence-electron chi connectivity index (χ4n) is 3.54. The van der Waals surface area contributed by atoms with Crippen LogP contribution in [0.2, 0.25) is 0 Å². The van der Waals surface area contributed by atoms with Gasteiger partial charge in [-0.15, -0.1) is 11.3 Å². The first-order valence-corrected chi connectivity index (χ1v) is 10.6. The molecular weight excluding hydrogens is 376 g/mol. The van der Waals surface area contributed by atoms with Gasteiger partial charge < -0.3 is 19.4 Å². The Labute approximate surface area is 169 Å². The normalized spacial score (nSPS) is 16.9. The molecule has 28 heavy (non-hydrogen) atoms. The third-order valence-corrected chi connectivity index (χ3v) is 6.05. The lowest BCUT2D eigenvalue weighted by Gasteiger charge is -2.32. The molecule has 0 saturated carbocycles. The van der Waals surface area contributed by atoms with E-state index in [1.165, 1.54) is 11.3 Å². The second kappa shape index (κ2) is 9.89. The van der Waals surface area contributed by atoms with Crippen molar-refractivity contribution in [3.8, 4) is 0 Å². The number of likely N-dealkylation sites (tertiary alicyclic amines) is 1. The minimum atomic E-state index is 0.0277. The van der Waals surface area contributed by atoms with Gasteiger partial charge in [-0.2, -0.15) is 0 Å². The summed E-state index contributed by atoms with van der Waals surface area (Å²) < 4.78 is 10.6. The van der Waals surface area contributed by atoms with Crippen molar-refractivity contribution in [3.63, 3.8) is 0 Å². The Morgan fingerprint density at radius 3 is 2.93 bits per heavy atom. The first kappa shape index (κ1) is 20.6. The van der Waals surface area contributed by atoms with Gasteiger partial charge in [-0.1, -0.05) is 0 Å². The zero-order chi connectivity index (χ0) is 19.9. The lowest BCUT2D eigenvalue weighted by Crippen LogP contribution is -2.40. The van der Waals surface area contributed by atoms with Crippen molar-refractivity contribution in [2.75, 3.05) is 20.2 Å². The van der Waals surface area contributed by atoms with Crippen LogP contribution in [-0.4, -0.2) is 36.9 Å². The van der Waals surface area contributed by atoms with Gasteiger partial charge in [-0.25, -0.2) is 0 Å². The average molecular weight is 405 g/mol. The van der Waals surface area contributed by atoms with E-state index in [1.54, 1.807) is 7.11 Å². The lowest BCUT2D eigenvalue weighted by molar-refractivity contribution is -0.121. The molecule has 0 aromatic carbocycles. The molecule has 1 N–H and O–H groups in total. The SMILES string of the molecule is COCc1ccc(C(=O)N2CCCC(CCC(=O)NCc3ccc(C)o3)C2)s1. The van der Waals surface area contributed by atoms with Crippen LogP contribution in [0, 0.1) is 12.8 Å². The minimum absolute atomic E-state index is 0.0277. The van der Waals surface area contributed by atoms with E-state index in [0.717, 1.165) is 53.6 Å². The van der Waals surface area contributed by atoms with Gasteiger partial charge in [0.25, 0.3) is 5.91 Å². The minimum Gasteiger partial charge on any atom is -0.465 e. The molecule has 0 aliphatic carbocycles. The molecule has 1 unspecified atom stereocenters. The lowest BCUT2D eigenvalue weighted by atomic mass is 9.93. The fraction of sp³-hybridized carbons (Fsp3) is 0.524. The summed E-state index contributed by atoms with van der Waals surface area (Å²) in [7, 11) is 1.66. The van der Waals surface area contributed by atoms with Gasteiger partial charge >= 0.3 is 0 Å². The van der Waals surface area contributed by atoms with E-state index >= 15 is 0 Å². The number of carbonyl (C=O) groups is 2. The van der Waals surface area contributed by atoms with Crippen LogP contribution >= 0.6 is 11.3 Å².